The number of nitriles is 1. The van der Waals surface area contributed by atoms with Crippen molar-refractivity contribution in [3.63, 3.8) is 0 Å². The van der Waals surface area contributed by atoms with Crippen molar-refractivity contribution in [2.45, 2.75) is 0 Å². The van der Waals surface area contributed by atoms with Crippen LogP contribution in [0.5, 0.6) is 11.5 Å². The van der Waals surface area contributed by atoms with Gasteiger partial charge in [0, 0.05) is 6.07 Å². The molecule has 0 aliphatic rings. The summed E-state index contributed by atoms with van der Waals surface area (Å²) in [5.74, 6) is -1.93. The van der Waals surface area contributed by atoms with Gasteiger partial charge >= 0.3 is 5.97 Å². The van der Waals surface area contributed by atoms with Crippen LogP contribution >= 0.6 is 0 Å². The number of para-hydroxylation sites is 2. The number of nitrogens with zero attached hydrogens (tertiary/aromatic N) is 2. The van der Waals surface area contributed by atoms with Gasteiger partial charge in [-0.3, -0.25) is 0 Å². The van der Waals surface area contributed by atoms with Crippen LogP contribution in [0, 0.1) is 11.3 Å². The van der Waals surface area contributed by atoms with E-state index in [-0.39, 0.29) is 22.7 Å². The number of aromatic hydroxyl groups is 2. The molecule has 0 fully saturated rings. The van der Waals surface area contributed by atoms with Gasteiger partial charge in [0.1, 0.15) is 35.3 Å². The molecule has 3 rings (SSSR count). The fraction of sp³-hybridized carbons (Fsp3) is 0.0556. The van der Waals surface area contributed by atoms with Crippen molar-refractivity contribution in [3.05, 3.63) is 59.6 Å². The first-order valence-electron chi connectivity index (χ1n) is 7.46. The second kappa shape index (κ2) is 6.86. The first-order valence-corrected chi connectivity index (χ1v) is 7.46. The van der Waals surface area contributed by atoms with E-state index in [0.29, 0.717) is 11.0 Å². The van der Waals surface area contributed by atoms with Crippen LogP contribution < -0.4 is 0 Å². The summed E-state index contributed by atoms with van der Waals surface area (Å²) in [5, 5.41) is 38.3. The topological polar surface area (TPSA) is 139 Å². The molecule has 0 spiro atoms. The number of ether oxygens (including phenoxy) is 1. The number of fused-ring (bicyclic) bond motifs is 1. The number of phenols is 2. The predicted molar refractivity (Wildman–Crippen MR) is 91.3 cm³/mol. The van der Waals surface area contributed by atoms with Crippen molar-refractivity contribution in [2.75, 3.05) is 6.61 Å². The number of carbonyl (C=O) groups excluding carboxylic acids is 1. The summed E-state index contributed by atoms with van der Waals surface area (Å²) >= 11 is 0. The molecule has 4 N–H and O–H groups in total. The molecule has 3 aromatic rings. The van der Waals surface area contributed by atoms with Crippen LogP contribution in [0.25, 0.3) is 16.6 Å². The van der Waals surface area contributed by atoms with Gasteiger partial charge in [-0.25, -0.2) is 9.78 Å². The zero-order valence-electron chi connectivity index (χ0n) is 13.3. The first-order chi connectivity index (χ1) is 12.5. The number of aromatic nitrogens is 2. The minimum atomic E-state index is -0.920. The van der Waals surface area contributed by atoms with Crippen molar-refractivity contribution in [1.29, 1.82) is 5.26 Å². The summed E-state index contributed by atoms with van der Waals surface area (Å²) in [6, 6.07) is 12.3. The first kappa shape index (κ1) is 16.9. The molecule has 130 valence electrons. The maximum Gasteiger partial charge on any atom is 0.342 e. The van der Waals surface area contributed by atoms with Gasteiger partial charge in [-0.15, -0.1) is 0 Å². The van der Waals surface area contributed by atoms with Crippen LogP contribution in [0.2, 0.25) is 0 Å². The Hall–Kier alpha value is -3.99. The Bertz CT molecular complexity index is 1030. The average Bonchev–Trinajstić information content (AvgIpc) is 3.04. The number of imidazole rings is 1. The van der Waals surface area contributed by atoms with Crippen molar-refractivity contribution < 1.29 is 24.9 Å². The molecule has 0 aliphatic heterocycles. The highest BCUT2D eigenvalue weighted by atomic mass is 16.5. The third-order valence-electron chi connectivity index (χ3n) is 3.57. The Morgan fingerprint density at radius 1 is 1.23 bits per heavy atom. The molecule has 0 amide bonds. The molecule has 1 heterocycles. The lowest BCUT2D eigenvalue weighted by atomic mass is 10.2. The number of esters is 1. The highest BCUT2D eigenvalue weighted by Crippen LogP contribution is 2.24. The SMILES string of the molecule is N#C/C(=C(\O)COC(=O)c1ccc(O)cc1O)c1nc2ccccc2[nH]1. The van der Waals surface area contributed by atoms with Crippen LogP contribution in [0.1, 0.15) is 16.2 Å². The predicted octanol–water partition coefficient (Wildman–Crippen LogP) is 2.62. The van der Waals surface area contributed by atoms with Gasteiger partial charge in [0.25, 0.3) is 0 Å². The highest BCUT2D eigenvalue weighted by Gasteiger charge is 2.17. The maximum atomic E-state index is 12.0. The quantitative estimate of drug-likeness (QED) is 0.322. The van der Waals surface area contributed by atoms with E-state index in [0.717, 1.165) is 6.07 Å². The summed E-state index contributed by atoms with van der Waals surface area (Å²) in [6.07, 6.45) is 0. The number of hydrogen-bond donors (Lipinski definition) is 4. The normalized spacial score (nSPS) is 11.7. The van der Waals surface area contributed by atoms with Gasteiger partial charge < -0.3 is 25.0 Å². The second-order valence-electron chi connectivity index (χ2n) is 5.31. The maximum absolute atomic E-state index is 12.0. The zero-order valence-corrected chi connectivity index (χ0v) is 13.3. The van der Waals surface area contributed by atoms with E-state index in [9.17, 15) is 25.4 Å². The Morgan fingerprint density at radius 2 is 2.00 bits per heavy atom. The van der Waals surface area contributed by atoms with E-state index in [1.54, 1.807) is 24.3 Å². The van der Waals surface area contributed by atoms with E-state index in [4.69, 9.17) is 4.74 Å². The van der Waals surface area contributed by atoms with Crippen molar-refractivity contribution in [2.24, 2.45) is 0 Å². The largest absolute Gasteiger partial charge is 0.508 e. The molecule has 0 saturated carbocycles. The molecule has 0 unspecified atom stereocenters. The number of aliphatic hydroxyl groups is 1. The fourth-order valence-corrected chi connectivity index (χ4v) is 2.30. The lowest BCUT2D eigenvalue weighted by molar-refractivity contribution is 0.0499. The molecule has 26 heavy (non-hydrogen) atoms. The lowest BCUT2D eigenvalue weighted by Gasteiger charge is -2.07. The molecular weight excluding hydrogens is 338 g/mol. The van der Waals surface area contributed by atoms with E-state index < -0.39 is 24.1 Å². The second-order valence-corrected chi connectivity index (χ2v) is 5.31. The third-order valence-corrected chi connectivity index (χ3v) is 3.57. The number of nitrogens with one attached hydrogen (secondary N) is 1. The Morgan fingerprint density at radius 3 is 2.69 bits per heavy atom. The van der Waals surface area contributed by atoms with Crippen LogP contribution in [0.3, 0.4) is 0 Å². The average molecular weight is 351 g/mol. The lowest BCUT2D eigenvalue weighted by Crippen LogP contribution is -2.09. The van der Waals surface area contributed by atoms with Gasteiger partial charge in [0.05, 0.1) is 11.0 Å². The van der Waals surface area contributed by atoms with Gasteiger partial charge in [0.2, 0.25) is 0 Å². The van der Waals surface area contributed by atoms with Crippen molar-refractivity contribution >= 4 is 22.6 Å². The number of rotatable bonds is 4. The van der Waals surface area contributed by atoms with Crippen LogP contribution in [0.15, 0.2) is 48.2 Å². The van der Waals surface area contributed by atoms with Crippen molar-refractivity contribution in [1.82, 2.24) is 9.97 Å². The number of hydrogen-bond acceptors (Lipinski definition) is 7. The molecule has 0 aliphatic carbocycles. The van der Waals surface area contributed by atoms with E-state index >= 15 is 0 Å². The fourth-order valence-electron chi connectivity index (χ4n) is 2.30. The molecule has 8 nitrogen and oxygen atoms in total. The van der Waals surface area contributed by atoms with Gasteiger partial charge in [-0.2, -0.15) is 5.26 Å². The summed E-state index contributed by atoms with van der Waals surface area (Å²) in [4.78, 5) is 19.1. The van der Waals surface area contributed by atoms with Crippen molar-refractivity contribution in [3.8, 4) is 17.6 Å². The minimum Gasteiger partial charge on any atom is -0.508 e. The van der Waals surface area contributed by atoms with E-state index in [2.05, 4.69) is 9.97 Å². The smallest absolute Gasteiger partial charge is 0.342 e. The highest BCUT2D eigenvalue weighted by molar-refractivity contribution is 5.92. The molecule has 8 heteroatoms. The summed E-state index contributed by atoms with van der Waals surface area (Å²) in [7, 11) is 0. The molecular formula is C18H13N3O5. The molecule has 0 radical (unpaired) electrons. The molecule has 0 atom stereocenters. The van der Waals surface area contributed by atoms with E-state index in [1.165, 1.54) is 12.1 Å². The standard InChI is InChI=1S/C18H13N3O5/c19-8-12(17-20-13-3-1-2-4-14(13)21-17)16(24)9-26-18(25)11-6-5-10(22)7-15(11)23/h1-7,22-24H,9H2,(H,20,21)/b16-12+. The Labute approximate surface area is 147 Å². The van der Waals surface area contributed by atoms with Crippen LogP contribution in [0.4, 0.5) is 0 Å². The monoisotopic (exact) mass is 351 g/mol. The summed E-state index contributed by atoms with van der Waals surface area (Å²) in [5.41, 5.74) is 0.963. The Balaban J connectivity index is 1.81. The molecule has 2 aromatic carbocycles. The number of aromatic amines is 1. The van der Waals surface area contributed by atoms with Gasteiger partial charge in [-0.05, 0) is 24.3 Å². The number of allylic oxidation sites excluding steroid dienone is 1. The zero-order chi connectivity index (χ0) is 18.7. The Kier molecular flexibility index (Phi) is 4.45. The molecule has 0 saturated heterocycles. The number of carbonyl (C=O) groups is 1. The number of H-pyrrole nitrogens is 1. The van der Waals surface area contributed by atoms with Gasteiger partial charge in [0.15, 0.2) is 11.6 Å². The van der Waals surface area contributed by atoms with Gasteiger partial charge in [-0.1, -0.05) is 12.1 Å². The third kappa shape index (κ3) is 3.27. The number of phenolic OH excluding ortho intramolecular Hbond substituents is 2. The van der Waals surface area contributed by atoms with Crippen LogP contribution in [-0.4, -0.2) is 37.9 Å². The summed E-state index contributed by atoms with van der Waals surface area (Å²) < 4.78 is 4.91. The van der Waals surface area contributed by atoms with E-state index in [1.807, 2.05) is 6.07 Å². The number of benzene rings is 2. The molecule has 0 bridgehead atoms. The summed E-state index contributed by atoms with van der Waals surface area (Å²) in [6.45, 7) is -0.584. The minimum absolute atomic E-state index is 0.148. The molecule has 1 aromatic heterocycles. The van der Waals surface area contributed by atoms with Crippen LogP contribution in [-0.2, 0) is 4.74 Å². The number of aliphatic hydroxyl groups excluding tert-OH is 1.